The quantitative estimate of drug-likeness (QED) is 0.690. The van der Waals surface area contributed by atoms with E-state index >= 15 is 0 Å². The summed E-state index contributed by atoms with van der Waals surface area (Å²) in [5, 5.41) is 11.0. The topological polar surface area (TPSA) is 83.5 Å². The minimum absolute atomic E-state index is 0.0751. The molecule has 0 unspecified atom stereocenters. The number of aliphatic carboxylic acids is 1. The van der Waals surface area contributed by atoms with Gasteiger partial charge in [0.1, 0.15) is 11.8 Å². The van der Waals surface area contributed by atoms with Crippen LogP contribution in [0.2, 0.25) is 0 Å². The maximum atomic E-state index is 12.8. The number of rotatable bonds is 7. The highest BCUT2D eigenvalue weighted by Crippen LogP contribution is 2.36. The Balaban J connectivity index is 3.03. The van der Waals surface area contributed by atoms with Gasteiger partial charge in [-0.25, -0.2) is 4.79 Å². The summed E-state index contributed by atoms with van der Waals surface area (Å²) in [6, 6.07) is -0.788. The molecule has 0 aromatic heterocycles. The molecule has 0 aliphatic heterocycles. The standard InChI is InChI=1S/C16H15F6NO4/c1-8(24)2-3-12(14(26)27)23-13(25)6-9-4-10(15(17,18)19)7-11(5-9)16(20,21)22/h4-5,7,12H,2-3,6H2,1H3,(H,23,25)(H,26,27)/t12-/m0/s1. The summed E-state index contributed by atoms with van der Waals surface area (Å²) in [4.78, 5) is 33.8. The molecule has 1 aromatic rings. The molecule has 0 spiro atoms. The number of hydrogen-bond donors (Lipinski definition) is 2. The zero-order chi connectivity index (χ0) is 21.0. The first-order valence-electron chi connectivity index (χ1n) is 7.50. The lowest BCUT2D eigenvalue weighted by Gasteiger charge is -2.16. The average Bonchev–Trinajstić information content (AvgIpc) is 2.48. The van der Waals surface area contributed by atoms with Gasteiger partial charge in [0.05, 0.1) is 17.5 Å². The van der Waals surface area contributed by atoms with Crippen molar-refractivity contribution in [3.63, 3.8) is 0 Å². The van der Waals surface area contributed by atoms with Gasteiger partial charge >= 0.3 is 18.3 Å². The molecule has 1 amide bonds. The highest BCUT2D eigenvalue weighted by molar-refractivity contribution is 5.85. The minimum Gasteiger partial charge on any atom is -0.480 e. The van der Waals surface area contributed by atoms with Crippen LogP contribution in [0, 0.1) is 0 Å². The first-order valence-corrected chi connectivity index (χ1v) is 7.50. The fourth-order valence-corrected chi connectivity index (χ4v) is 2.16. The van der Waals surface area contributed by atoms with Crippen molar-refractivity contribution in [2.45, 2.75) is 44.6 Å². The third-order valence-electron chi connectivity index (χ3n) is 3.43. The number of alkyl halides is 6. The van der Waals surface area contributed by atoms with Gasteiger partial charge in [-0.2, -0.15) is 26.3 Å². The van der Waals surface area contributed by atoms with Crippen molar-refractivity contribution in [2.24, 2.45) is 0 Å². The van der Waals surface area contributed by atoms with Crippen molar-refractivity contribution >= 4 is 17.7 Å². The molecular formula is C16H15F6NO4. The summed E-state index contributed by atoms with van der Waals surface area (Å²) in [7, 11) is 0. The fourth-order valence-electron chi connectivity index (χ4n) is 2.16. The highest BCUT2D eigenvalue weighted by Gasteiger charge is 2.37. The molecule has 1 aromatic carbocycles. The maximum Gasteiger partial charge on any atom is 0.416 e. The highest BCUT2D eigenvalue weighted by atomic mass is 19.4. The lowest BCUT2D eigenvalue weighted by Crippen LogP contribution is -2.41. The van der Waals surface area contributed by atoms with Gasteiger partial charge in [-0.05, 0) is 37.1 Å². The normalized spacial score (nSPS) is 13.1. The van der Waals surface area contributed by atoms with E-state index in [0.717, 1.165) is 0 Å². The van der Waals surface area contributed by atoms with Crippen LogP contribution in [-0.4, -0.2) is 28.8 Å². The molecule has 1 atom stereocenters. The fraction of sp³-hybridized carbons (Fsp3) is 0.438. The molecule has 0 bridgehead atoms. The van der Waals surface area contributed by atoms with Crippen LogP contribution in [0.5, 0.6) is 0 Å². The Morgan fingerprint density at radius 2 is 1.48 bits per heavy atom. The molecule has 11 heteroatoms. The molecule has 2 N–H and O–H groups in total. The summed E-state index contributed by atoms with van der Waals surface area (Å²) in [6.45, 7) is 1.20. The average molecular weight is 399 g/mol. The second-order valence-corrected chi connectivity index (χ2v) is 5.79. The number of benzene rings is 1. The van der Waals surface area contributed by atoms with Crippen molar-refractivity contribution in [1.29, 1.82) is 0 Å². The zero-order valence-electron chi connectivity index (χ0n) is 13.9. The summed E-state index contributed by atoms with van der Waals surface area (Å²) in [5.74, 6) is -2.91. The lowest BCUT2D eigenvalue weighted by molar-refractivity contribution is -0.143. The van der Waals surface area contributed by atoms with Crippen molar-refractivity contribution in [2.75, 3.05) is 0 Å². The predicted molar refractivity (Wildman–Crippen MR) is 79.6 cm³/mol. The van der Waals surface area contributed by atoms with E-state index in [2.05, 4.69) is 0 Å². The summed E-state index contributed by atoms with van der Waals surface area (Å²) in [6.07, 6.45) is -11.4. The molecule has 0 fully saturated rings. The number of carboxylic acid groups (broad SMARTS) is 1. The molecule has 150 valence electrons. The largest absolute Gasteiger partial charge is 0.480 e. The predicted octanol–water partition coefficient (Wildman–Crippen LogP) is 3.21. The molecule has 0 radical (unpaired) electrons. The Labute approximate surface area is 149 Å². The van der Waals surface area contributed by atoms with Gasteiger partial charge in [-0.15, -0.1) is 0 Å². The van der Waals surface area contributed by atoms with Crippen LogP contribution in [-0.2, 0) is 33.2 Å². The van der Waals surface area contributed by atoms with Gasteiger partial charge in [0, 0.05) is 6.42 Å². The van der Waals surface area contributed by atoms with Crippen LogP contribution in [0.3, 0.4) is 0 Å². The van der Waals surface area contributed by atoms with E-state index < -0.39 is 53.4 Å². The molecule has 1 rings (SSSR count). The van der Waals surface area contributed by atoms with E-state index in [-0.39, 0.29) is 24.7 Å². The number of hydrogen-bond acceptors (Lipinski definition) is 3. The van der Waals surface area contributed by atoms with Crippen molar-refractivity contribution in [3.05, 3.63) is 34.9 Å². The number of carbonyl (C=O) groups is 3. The molecular weight excluding hydrogens is 384 g/mol. The molecule has 27 heavy (non-hydrogen) atoms. The first-order chi connectivity index (χ1) is 12.2. The van der Waals surface area contributed by atoms with E-state index in [4.69, 9.17) is 5.11 Å². The third kappa shape index (κ3) is 7.27. The summed E-state index contributed by atoms with van der Waals surface area (Å²) >= 11 is 0. The monoisotopic (exact) mass is 399 g/mol. The lowest BCUT2D eigenvalue weighted by atomic mass is 10.0. The van der Waals surface area contributed by atoms with Gasteiger partial charge in [-0.3, -0.25) is 4.79 Å². The van der Waals surface area contributed by atoms with Gasteiger partial charge < -0.3 is 15.2 Å². The molecule has 0 saturated carbocycles. The second-order valence-electron chi connectivity index (χ2n) is 5.79. The second kappa shape index (κ2) is 8.40. The van der Waals surface area contributed by atoms with Crippen molar-refractivity contribution in [3.8, 4) is 0 Å². The van der Waals surface area contributed by atoms with Gasteiger partial charge in [0.25, 0.3) is 0 Å². The van der Waals surface area contributed by atoms with Crippen LogP contribution < -0.4 is 5.32 Å². The Morgan fingerprint density at radius 3 is 1.85 bits per heavy atom. The third-order valence-corrected chi connectivity index (χ3v) is 3.43. The number of carbonyl (C=O) groups excluding carboxylic acids is 2. The Morgan fingerprint density at radius 1 is 1.00 bits per heavy atom. The Kier molecular flexibility index (Phi) is 6.99. The number of nitrogens with one attached hydrogen (secondary N) is 1. The number of ketones is 1. The van der Waals surface area contributed by atoms with Crippen LogP contribution in [0.15, 0.2) is 18.2 Å². The number of Topliss-reactive ketones (excluding diaryl/α,β-unsaturated/α-hetero) is 1. The van der Waals surface area contributed by atoms with Crippen LogP contribution in [0.4, 0.5) is 26.3 Å². The van der Waals surface area contributed by atoms with Gasteiger partial charge in [-0.1, -0.05) is 0 Å². The maximum absolute atomic E-state index is 12.8. The molecule has 5 nitrogen and oxygen atoms in total. The van der Waals surface area contributed by atoms with Crippen LogP contribution in [0.25, 0.3) is 0 Å². The summed E-state index contributed by atoms with van der Waals surface area (Å²) < 4.78 is 76.7. The van der Waals surface area contributed by atoms with E-state index in [1.807, 2.05) is 5.32 Å². The summed E-state index contributed by atoms with van der Waals surface area (Å²) in [5.41, 5.74) is -3.73. The number of amides is 1. The van der Waals surface area contributed by atoms with Crippen molar-refractivity contribution < 1.29 is 45.8 Å². The van der Waals surface area contributed by atoms with Crippen LogP contribution >= 0.6 is 0 Å². The number of halogens is 6. The Bertz CT molecular complexity index is 694. The smallest absolute Gasteiger partial charge is 0.416 e. The number of carboxylic acids is 1. The molecule has 0 aliphatic carbocycles. The van der Waals surface area contributed by atoms with Gasteiger partial charge in [0.15, 0.2) is 0 Å². The van der Waals surface area contributed by atoms with E-state index in [1.54, 1.807) is 0 Å². The zero-order valence-corrected chi connectivity index (χ0v) is 13.9. The van der Waals surface area contributed by atoms with E-state index in [0.29, 0.717) is 12.1 Å². The SMILES string of the molecule is CC(=O)CC[C@H](NC(=O)Cc1cc(C(F)(F)F)cc(C(F)(F)F)c1)C(=O)O. The molecule has 0 heterocycles. The van der Waals surface area contributed by atoms with E-state index in [1.165, 1.54) is 6.92 Å². The molecule has 0 saturated heterocycles. The minimum atomic E-state index is -5.06. The van der Waals surface area contributed by atoms with Crippen LogP contribution in [0.1, 0.15) is 36.5 Å². The first kappa shape index (κ1) is 22.5. The molecule has 0 aliphatic rings. The van der Waals surface area contributed by atoms with Gasteiger partial charge in [0.2, 0.25) is 5.91 Å². The van der Waals surface area contributed by atoms with E-state index in [9.17, 15) is 40.7 Å². The van der Waals surface area contributed by atoms with Crippen molar-refractivity contribution in [1.82, 2.24) is 5.32 Å². The Hall–Kier alpha value is -2.59.